The van der Waals surface area contributed by atoms with E-state index in [1.165, 1.54) is 0 Å². The highest BCUT2D eigenvalue weighted by Gasteiger charge is 2.06. The normalized spacial score (nSPS) is 11.0. The SMILES string of the molecule is CN=C(NCCC(=O)Nc1cc(Br)ccc1C)NCc1cccc(OC)c1. The van der Waals surface area contributed by atoms with Gasteiger partial charge in [0.25, 0.3) is 0 Å². The van der Waals surface area contributed by atoms with Gasteiger partial charge in [-0.25, -0.2) is 0 Å². The van der Waals surface area contributed by atoms with Crippen LogP contribution in [0.3, 0.4) is 0 Å². The molecule has 0 aliphatic heterocycles. The summed E-state index contributed by atoms with van der Waals surface area (Å²) >= 11 is 3.42. The van der Waals surface area contributed by atoms with Crippen LogP contribution in [0.15, 0.2) is 51.9 Å². The summed E-state index contributed by atoms with van der Waals surface area (Å²) in [5.74, 6) is 1.41. The maximum absolute atomic E-state index is 12.2. The van der Waals surface area contributed by atoms with Gasteiger partial charge < -0.3 is 20.7 Å². The first kappa shape index (κ1) is 20.8. The van der Waals surface area contributed by atoms with Crippen molar-refractivity contribution in [3.63, 3.8) is 0 Å². The molecule has 0 aromatic heterocycles. The number of rotatable bonds is 7. The zero-order chi connectivity index (χ0) is 19.6. The fraction of sp³-hybridized carbons (Fsp3) is 0.300. The average molecular weight is 433 g/mol. The van der Waals surface area contributed by atoms with Crippen molar-refractivity contribution in [3.8, 4) is 5.75 Å². The van der Waals surface area contributed by atoms with Gasteiger partial charge in [0, 0.05) is 36.7 Å². The smallest absolute Gasteiger partial charge is 0.226 e. The van der Waals surface area contributed by atoms with Crippen molar-refractivity contribution < 1.29 is 9.53 Å². The molecule has 0 spiro atoms. The number of nitrogens with one attached hydrogen (secondary N) is 3. The number of carbonyl (C=O) groups excluding carboxylic acids is 1. The van der Waals surface area contributed by atoms with Crippen LogP contribution in [0, 0.1) is 6.92 Å². The van der Waals surface area contributed by atoms with Crippen LogP contribution in [-0.2, 0) is 11.3 Å². The lowest BCUT2D eigenvalue weighted by atomic mass is 10.2. The Bertz CT molecular complexity index is 808. The molecule has 0 fully saturated rings. The van der Waals surface area contributed by atoms with E-state index in [4.69, 9.17) is 4.74 Å². The number of halogens is 1. The molecule has 6 nitrogen and oxygen atoms in total. The summed E-state index contributed by atoms with van der Waals surface area (Å²) in [6.07, 6.45) is 0.339. The lowest BCUT2D eigenvalue weighted by Crippen LogP contribution is -2.38. The molecule has 2 rings (SSSR count). The van der Waals surface area contributed by atoms with Gasteiger partial charge in [0.05, 0.1) is 7.11 Å². The second-order valence-electron chi connectivity index (χ2n) is 5.96. The minimum absolute atomic E-state index is 0.0491. The number of amides is 1. The fourth-order valence-corrected chi connectivity index (χ4v) is 2.79. The zero-order valence-corrected chi connectivity index (χ0v) is 17.4. The highest BCUT2D eigenvalue weighted by molar-refractivity contribution is 9.10. The predicted molar refractivity (Wildman–Crippen MR) is 113 cm³/mol. The molecule has 3 N–H and O–H groups in total. The number of methoxy groups -OCH3 is 1. The van der Waals surface area contributed by atoms with Gasteiger partial charge in [0.2, 0.25) is 5.91 Å². The van der Waals surface area contributed by atoms with Gasteiger partial charge in [-0.05, 0) is 42.3 Å². The van der Waals surface area contributed by atoms with Gasteiger partial charge >= 0.3 is 0 Å². The number of hydrogen-bond acceptors (Lipinski definition) is 3. The van der Waals surface area contributed by atoms with Gasteiger partial charge in [0.1, 0.15) is 5.75 Å². The first-order valence-electron chi connectivity index (χ1n) is 8.65. The van der Waals surface area contributed by atoms with E-state index in [-0.39, 0.29) is 5.91 Å². The minimum atomic E-state index is -0.0491. The van der Waals surface area contributed by atoms with Crippen LogP contribution in [0.25, 0.3) is 0 Å². The Hall–Kier alpha value is -2.54. The van der Waals surface area contributed by atoms with Crippen LogP contribution < -0.4 is 20.7 Å². The number of guanidine groups is 1. The van der Waals surface area contributed by atoms with Crippen molar-refractivity contribution in [2.75, 3.05) is 26.0 Å². The molecule has 0 aliphatic carbocycles. The molecule has 0 heterocycles. The highest BCUT2D eigenvalue weighted by atomic mass is 79.9. The molecular formula is C20H25BrN4O2. The summed E-state index contributed by atoms with van der Waals surface area (Å²) in [7, 11) is 3.35. The molecule has 0 atom stereocenters. The van der Waals surface area contributed by atoms with Crippen LogP contribution in [0.4, 0.5) is 5.69 Å². The number of aliphatic imine (C=N–C) groups is 1. The summed E-state index contributed by atoms with van der Waals surface area (Å²) in [5, 5.41) is 9.30. The van der Waals surface area contributed by atoms with Gasteiger partial charge in [-0.3, -0.25) is 9.79 Å². The largest absolute Gasteiger partial charge is 0.497 e. The van der Waals surface area contributed by atoms with E-state index in [9.17, 15) is 4.79 Å². The summed E-state index contributed by atoms with van der Waals surface area (Å²) in [5.41, 5.74) is 2.92. The Balaban J connectivity index is 1.77. The van der Waals surface area contributed by atoms with Crippen LogP contribution in [-0.4, -0.2) is 32.6 Å². The number of benzene rings is 2. The lowest BCUT2D eigenvalue weighted by molar-refractivity contribution is -0.116. The predicted octanol–water partition coefficient (Wildman–Crippen LogP) is 3.46. The standard InChI is InChI=1S/C20H25BrN4O2/c1-14-7-8-16(21)12-18(14)25-19(26)9-10-23-20(22-2)24-13-15-5-4-6-17(11-15)27-3/h4-8,11-12H,9-10,13H2,1-3H3,(H,25,26)(H2,22,23,24). The molecule has 0 unspecified atom stereocenters. The molecule has 0 bridgehead atoms. The summed E-state index contributed by atoms with van der Waals surface area (Å²) in [4.78, 5) is 16.3. The Kier molecular flexibility index (Phi) is 8.13. The van der Waals surface area contributed by atoms with E-state index < -0.39 is 0 Å². The zero-order valence-electron chi connectivity index (χ0n) is 15.8. The minimum Gasteiger partial charge on any atom is -0.497 e. The second kappa shape index (κ2) is 10.6. The van der Waals surface area contributed by atoms with Crippen molar-refractivity contribution in [3.05, 3.63) is 58.1 Å². The van der Waals surface area contributed by atoms with Gasteiger partial charge in [-0.2, -0.15) is 0 Å². The number of nitrogens with zero attached hydrogens (tertiary/aromatic N) is 1. The Labute approximate surface area is 168 Å². The van der Waals surface area contributed by atoms with E-state index >= 15 is 0 Å². The first-order chi connectivity index (χ1) is 13.0. The third kappa shape index (κ3) is 6.94. The molecular weight excluding hydrogens is 408 g/mol. The molecule has 2 aromatic rings. The topological polar surface area (TPSA) is 74.8 Å². The van der Waals surface area contributed by atoms with E-state index in [0.717, 1.165) is 27.0 Å². The summed E-state index contributed by atoms with van der Waals surface area (Å²) in [6, 6.07) is 13.6. The second-order valence-corrected chi connectivity index (χ2v) is 6.88. The maximum atomic E-state index is 12.2. The van der Waals surface area contributed by atoms with Crippen molar-refractivity contribution >= 4 is 33.5 Å². The van der Waals surface area contributed by atoms with Crippen molar-refractivity contribution in [2.45, 2.75) is 19.9 Å². The molecule has 2 aromatic carbocycles. The lowest BCUT2D eigenvalue weighted by Gasteiger charge is -2.13. The van der Waals surface area contributed by atoms with Crippen LogP contribution in [0.2, 0.25) is 0 Å². The maximum Gasteiger partial charge on any atom is 0.226 e. The Morgan fingerprint density at radius 1 is 1.19 bits per heavy atom. The van der Waals surface area contributed by atoms with Gasteiger partial charge in [-0.1, -0.05) is 34.1 Å². The van der Waals surface area contributed by atoms with E-state index in [1.54, 1.807) is 14.2 Å². The molecule has 144 valence electrons. The molecule has 0 saturated heterocycles. The third-order valence-electron chi connectivity index (χ3n) is 3.94. The van der Waals surface area contributed by atoms with E-state index in [2.05, 4.69) is 36.9 Å². The quantitative estimate of drug-likeness (QED) is 0.462. The molecule has 0 saturated carbocycles. The molecule has 0 radical (unpaired) electrons. The Morgan fingerprint density at radius 2 is 2.00 bits per heavy atom. The fourth-order valence-electron chi connectivity index (χ4n) is 2.42. The van der Waals surface area contributed by atoms with Crippen molar-refractivity contribution in [1.82, 2.24) is 10.6 Å². The monoisotopic (exact) mass is 432 g/mol. The van der Waals surface area contributed by atoms with E-state index in [1.807, 2.05) is 49.4 Å². The number of hydrogen-bond donors (Lipinski definition) is 3. The molecule has 0 aliphatic rings. The van der Waals surface area contributed by atoms with Crippen LogP contribution >= 0.6 is 15.9 Å². The van der Waals surface area contributed by atoms with Crippen LogP contribution in [0.1, 0.15) is 17.5 Å². The van der Waals surface area contributed by atoms with E-state index in [0.29, 0.717) is 25.5 Å². The number of aryl methyl sites for hydroxylation is 1. The Morgan fingerprint density at radius 3 is 2.74 bits per heavy atom. The summed E-state index contributed by atoms with van der Waals surface area (Å²) in [6.45, 7) is 3.06. The molecule has 27 heavy (non-hydrogen) atoms. The number of ether oxygens (including phenoxy) is 1. The number of anilines is 1. The van der Waals surface area contributed by atoms with Gasteiger partial charge in [-0.15, -0.1) is 0 Å². The third-order valence-corrected chi connectivity index (χ3v) is 4.43. The molecule has 7 heteroatoms. The first-order valence-corrected chi connectivity index (χ1v) is 9.44. The van der Waals surface area contributed by atoms with Gasteiger partial charge in [0.15, 0.2) is 5.96 Å². The average Bonchev–Trinajstić information content (AvgIpc) is 2.67. The molecule has 1 amide bonds. The number of carbonyl (C=O) groups is 1. The highest BCUT2D eigenvalue weighted by Crippen LogP contribution is 2.20. The van der Waals surface area contributed by atoms with Crippen LogP contribution in [0.5, 0.6) is 5.75 Å². The summed E-state index contributed by atoms with van der Waals surface area (Å²) < 4.78 is 6.16. The van der Waals surface area contributed by atoms with Crippen molar-refractivity contribution in [2.24, 2.45) is 4.99 Å². The van der Waals surface area contributed by atoms with Crippen molar-refractivity contribution in [1.29, 1.82) is 0 Å².